The molecule has 0 aliphatic heterocycles. The molecule has 1 rings (SSSR count). The lowest BCUT2D eigenvalue weighted by molar-refractivity contribution is -0.151. The van der Waals surface area contributed by atoms with Crippen LogP contribution in [-0.2, 0) is 9.53 Å². The van der Waals surface area contributed by atoms with Crippen molar-refractivity contribution >= 4 is 5.97 Å². The molecule has 0 aliphatic rings. The first-order valence-electron chi connectivity index (χ1n) is 5.76. The van der Waals surface area contributed by atoms with Gasteiger partial charge in [-0.25, -0.2) is 4.79 Å². The third-order valence-corrected chi connectivity index (χ3v) is 2.24. The van der Waals surface area contributed by atoms with E-state index in [9.17, 15) is 4.79 Å². The predicted molar refractivity (Wildman–Crippen MR) is 64.2 cm³/mol. The Kier molecular flexibility index (Phi) is 6.10. The van der Waals surface area contributed by atoms with Crippen molar-refractivity contribution in [3.05, 3.63) is 30.3 Å². The summed E-state index contributed by atoms with van der Waals surface area (Å²) < 4.78 is 10.6. The second-order valence-corrected chi connectivity index (χ2v) is 3.65. The Hall–Kier alpha value is -1.55. The van der Waals surface area contributed by atoms with Gasteiger partial charge in [-0.1, -0.05) is 31.5 Å². The van der Waals surface area contributed by atoms with Crippen LogP contribution in [0.1, 0.15) is 19.8 Å². The summed E-state index contributed by atoms with van der Waals surface area (Å²) in [6.07, 6.45) is 0.594. The van der Waals surface area contributed by atoms with Crippen LogP contribution in [0.25, 0.3) is 0 Å². The molecule has 1 atom stereocenters. The van der Waals surface area contributed by atoms with Gasteiger partial charge in [0.25, 0.3) is 0 Å². The normalized spacial score (nSPS) is 12.1. The fourth-order valence-electron chi connectivity index (χ4n) is 1.41. The van der Waals surface area contributed by atoms with Gasteiger partial charge in [0.1, 0.15) is 12.4 Å². The molecular formula is C13H18O4. The minimum Gasteiger partial charge on any atom is -0.491 e. The number of ether oxygens (including phenoxy) is 2. The number of para-hydroxylation sites is 1. The quantitative estimate of drug-likeness (QED) is 0.706. The Morgan fingerprint density at radius 2 is 2.00 bits per heavy atom. The topological polar surface area (TPSA) is 55.8 Å². The summed E-state index contributed by atoms with van der Waals surface area (Å²) in [5.74, 6) is -0.148. The van der Waals surface area contributed by atoms with Crippen LogP contribution in [0.4, 0.5) is 0 Å². The zero-order chi connectivity index (χ0) is 12.5. The largest absolute Gasteiger partial charge is 0.491 e. The van der Waals surface area contributed by atoms with E-state index in [4.69, 9.17) is 14.6 Å². The summed E-state index contributed by atoms with van der Waals surface area (Å²) in [6, 6.07) is 9.37. The van der Waals surface area contributed by atoms with Gasteiger partial charge in [0.15, 0.2) is 6.10 Å². The number of carboxylic acids is 1. The van der Waals surface area contributed by atoms with Crippen LogP contribution in [0.2, 0.25) is 0 Å². The van der Waals surface area contributed by atoms with Crippen LogP contribution in [0.15, 0.2) is 30.3 Å². The number of hydrogen-bond acceptors (Lipinski definition) is 3. The third-order valence-electron chi connectivity index (χ3n) is 2.24. The summed E-state index contributed by atoms with van der Waals surface area (Å²) in [6.45, 7) is 2.57. The number of rotatable bonds is 8. The van der Waals surface area contributed by atoms with Crippen molar-refractivity contribution in [2.75, 3.05) is 13.2 Å². The second-order valence-electron chi connectivity index (χ2n) is 3.65. The zero-order valence-corrected chi connectivity index (χ0v) is 9.96. The molecule has 0 radical (unpaired) electrons. The molecule has 1 N–H and O–H groups in total. The molecule has 0 fully saturated rings. The zero-order valence-electron chi connectivity index (χ0n) is 9.96. The first kappa shape index (κ1) is 13.5. The average molecular weight is 238 g/mol. The number of hydrogen-bond donors (Lipinski definition) is 1. The van der Waals surface area contributed by atoms with Crippen molar-refractivity contribution in [1.82, 2.24) is 0 Å². The van der Waals surface area contributed by atoms with E-state index in [1.54, 1.807) is 0 Å². The van der Waals surface area contributed by atoms with E-state index in [0.717, 1.165) is 12.2 Å². The lowest BCUT2D eigenvalue weighted by atomic mass is 10.2. The molecule has 1 aromatic carbocycles. The highest BCUT2D eigenvalue weighted by atomic mass is 16.5. The van der Waals surface area contributed by atoms with Crippen molar-refractivity contribution in [2.24, 2.45) is 0 Å². The first-order chi connectivity index (χ1) is 8.24. The van der Waals surface area contributed by atoms with Gasteiger partial charge in [-0.3, -0.25) is 0 Å². The molecule has 0 amide bonds. The van der Waals surface area contributed by atoms with Crippen LogP contribution < -0.4 is 4.74 Å². The Balaban J connectivity index is 2.20. The number of aliphatic carboxylic acids is 1. The molecule has 4 heteroatoms. The van der Waals surface area contributed by atoms with Crippen molar-refractivity contribution in [3.63, 3.8) is 0 Å². The van der Waals surface area contributed by atoms with Crippen LogP contribution in [0.3, 0.4) is 0 Å². The molecule has 0 saturated heterocycles. The highest BCUT2D eigenvalue weighted by Crippen LogP contribution is 2.08. The molecule has 1 aromatic rings. The standard InChI is InChI=1S/C13H18O4/c1-2-6-12(13(14)15)17-10-9-16-11-7-4-3-5-8-11/h3-5,7-8,12H,2,6,9-10H2,1H3,(H,14,15). The molecule has 0 spiro atoms. The van der Waals surface area contributed by atoms with Gasteiger partial charge in [-0.05, 0) is 18.6 Å². The Bertz CT molecular complexity index is 323. The average Bonchev–Trinajstić information content (AvgIpc) is 2.34. The number of carboxylic acid groups (broad SMARTS) is 1. The Labute approximate surface area is 101 Å². The van der Waals surface area contributed by atoms with E-state index < -0.39 is 12.1 Å². The molecule has 0 aromatic heterocycles. The van der Waals surface area contributed by atoms with E-state index in [1.165, 1.54) is 0 Å². The second kappa shape index (κ2) is 7.68. The molecule has 1 unspecified atom stereocenters. The van der Waals surface area contributed by atoms with E-state index in [0.29, 0.717) is 13.0 Å². The lowest BCUT2D eigenvalue weighted by Crippen LogP contribution is -2.25. The van der Waals surface area contributed by atoms with Crippen LogP contribution in [0, 0.1) is 0 Å². The predicted octanol–water partition coefficient (Wildman–Crippen LogP) is 2.34. The SMILES string of the molecule is CCCC(OCCOc1ccccc1)C(=O)O. The molecular weight excluding hydrogens is 220 g/mol. The Morgan fingerprint density at radius 3 is 2.59 bits per heavy atom. The Morgan fingerprint density at radius 1 is 1.29 bits per heavy atom. The van der Waals surface area contributed by atoms with Gasteiger partial charge in [-0.15, -0.1) is 0 Å². The fraction of sp³-hybridized carbons (Fsp3) is 0.462. The molecule has 0 heterocycles. The molecule has 4 nitrogen and oxygen atoms in total. The first-order valence-corrected chi connectivity index (χ1v) is 5.76. The molecule has 94 valence electrons. The third kappa shape index (κ3) is 5.36. The molecule has 0 saturated carbocycles. The highest BCUT2D eigenvalue weighted by molar-refractivity contribution is 5.72. The summed E-state index contributed by atoms with van der Waals surface area (Å²) in [5, 5.41) is 8.85. The van der Waals surface area contributed by atoms with E-state index in [2.05, 4.69) is 0 Å². The van der Waals surface area contributed by atoms with Crippen LogP contribution >= 0.6 is 0 Å². The van der Waals surface area contributed by atoms with Crippen molar-refractivity contribution in [1.29, 1.82) is 0 Å². The summed E-state index contributed by atoms with van der Waals surface area (Å²) in [5.41, 5.74) is 0. The van der Waals surface area contributed by atoms with E-state index in [-0.39, 0.29) is 6.61 Å². The minimum atomic E-state index is -0.911. The van der Waals surface area contributed by atoms with Crippen LogP contribution in [0.5, 0.6) is 5.75 Å². The maximum absolute atomic E-state index is 10.8. The van der Waals surface area contributed by atoms with Crippen LogP contribution in [-0.4, -0.2) is 30.4 Å². The summed E-state index contributed by atoms with van der Waals surface area (Å²) >= 11 is 0. The van der Waals surface area contributed by atoms with Gasteiger partial charge in [0, 0.05) is 0 Å². The van der Waals surface area contributed by atoms with Gasteiger partial charge < -0.3 is 14.6 Å². The maximum Gasteiger partial charge on any atom is 0.332 e. The van der Waals surface area contributed by atoms with Gasteiger partial charge >= 0.3 is 5.97 Å². The fourth-order valence-corrected chi connectivity index (χ4v) is 1.41. The van der Waals surface area contributed by atoms with Gasteiger partial charge in [0.2, 0.25) is 0 Å². The summed E-state index contributed by atoms with van der Waals surface area (Å²) in [4.78, 5) is 10.8. The van der Waals surface area contributed by atoms with Crippen molar-refractivity contribution in [2.45, 2.75) is 25.9 Å². The number of carbonyl (C=O) groups is 1. The molecule has 0 aliphatic carbocycles. The monoisotopic (exact) mass is 238 g/mol. The van der Waals surface area contributed by atoms with Gasteiger partial charge in [-0.2, -0.15) is 0 Å². The minimum absolute atomic E-state index is 0.284. The number of benzene rings is 1. The smallest absolute Gasteiger partial charge is 0.332 e. The van der Waals surface area contributed by atoms with Crippen molar-refractivity contribution in [3.8, 4) is 5.75 Å². The van der Waals surface area contributed by atoms with Crippen molar-refractivity contribution < 1.29 is 19.4 Å². The van der Waals surface area contributed by atoms with Gasteiger partial charge in [0.05, 0.1) is 6.61 Å². The highest BCUT2D eigenvalue weighted by Gasteiger charge is 2.16. The molecule has 0 bridgehead atoms. The van der Waals surface area contributed by atoms with E-state index >= 15 is 0 Å². The molecule has 17 heavy (non-hydrogen) atoms. The lowest BCUT2D eigenvalue weighted by Gasteiger charge is -2.13. The van der Waals surface area contributed by atoms with E-state index in [1.807, 2.05) is 37.3 Å². The summed E-state index contributed by atoms with van der Waals surface area (Å²) in [7, 11) is 0. The maximum atomic E-state index is 10.8.